The number of rotatable bonds is 2. The quantitative estimate of drug-likeness (QED) is 0.815. The molecule has 102 valence electrons. The van der Waals surface area contributed by atoms with Crippen molar-refractivity contribution in [2.45, 2.75) is 45.3 Å². The monoisotopic (exact) mass is 259 g/mol. The van der Waals surface area contributed by atoms with Gasteiger partial charge in [0, 0.05) is 11.7 Å². The largest absolute Gasteiger partial charge is 0.399 e. The van der Waals surface area contributed by atoms with Gasteiger partial charge in [-0.15, -0.1) is 0 Å². The summed E-state index contributed by atoms with van der Waals surface area (Å²) in [6.45, 7) is 2.30. The molecular formula is C15H21N3O. The minimum atomic E-state index is -0.0133. The van der Waals surface area contributed by atoms with Crippen LogP contribution in [0.25, 0.3) is 11.0 Å². The molecule has 0 spiro atoms. The second-order valence-corrected chi connectivity index (χ2v) is 5.72. The van der Waals surface area contributed by atoms with Crippen molar-refractivity contribution in [3.05, 3.63) is 24.0 Å². The van der Waals surface area contributed by atoms with Crippen LogP contribution in [0.15, 0.2) is 18.2 Å². The summed E-state index contributed by atoms with van der Waals surface area (Å²) in [7, 11) is 0. The Kier molecular flexibility index (Phi) is 3.19. The molecule has 1 aromatic carbocycles. The fourth-order valence-corrected chi connectivity index (χ4v) is 3.19. The maximum Gasteiger partial charge on any atom is 0.135 e. The molecule has 1 fully saturated rings. The number of benzene rings is 1. The van der Waals surface area contributed by atoms with E-state index >= 15 is 0 Å². The van der Waals surface area contributed by atoms with Gasteiger partial charge in [0.15, 0.2) is 0 Å². The Hall–Kier alpha value is -1.55. The van der Waals surface area contributed by atoms with Crippen LogP contribution in [0.4, 0.5) is 5.69 Å². The Balaban J connectivity index is 2.05. The highest BCUT2D eigenvalue weighted by Crippen LogP contribution is 2.35. The van der Waals surface area contributed by atoms with Gasteiger partial charge in [-0.3, -0.25) is 0 Å². The number of fused-ring (bicyclic) bond motifs is 1. The number of hydrogen-bond donors (Lipinski definition) is 2. The minimum absolute atomic E-state index is 0.0133. The lowest BCUT2D eigenvalue weighted by Crippen LogP contribution is -2.18. The summed E-state index contributed by atoms with van der Waals surface area (Å²) in [5, 5.41) is 9.56. The highest BCUT2D eigenvalue weighted by molar-refractivity contribution is 5.79. The van der Waals surface area contributed by atoms with Gasteiger partial charge in [-0.1, -0.05) is 6.92 Å². The molecule has 1 saturated carbocycles. The Bertz CT molecular complexity index is 582. The van der Waals surface area contributed by atoms with Crippen LogP contribution in [0.1, 0.15) is 44.5 Å². The second kappa shape index (κ2) is 4.85. The number of nitrogens with zero attached hydrogens (tertiary/aromatic N) is 2. The summed E-state index contributed by atoms with van der Waals surface area (Å²) in [5.41, 5.74) is 8.52. The summed E-state index contributed by atoms with van der Waals surface area (Å²) in [6, 6.07) is 6.28. The molecule has 4 nitrogen and oxygen atoms in total. The van der Waals surface area contributed by atoms with E-state index in [1.165, 1.54) is 25.7 Å². The van der Waals surface area contributed by atoms with Gasteiger partial charge in [0.25, 0.3) is 0 Å². The first-order chi connectivity index (χ1) is 9.19. The maximum absolute atomic E-state index is 9.56. The summed E-state index contributed by atoms with van der Waals surface area (Å²) in [6.07, 6.45) is 4.85. The third-order valence-corrected chi connectivity index (χ3v) is 4.28. The Morgan fingerprint density at radius 3 is 2.74 bits per heavy atom. The van der Waals surface area contributed by atoms with Gasteiger partial charge < -0.3 is 15.4 Å². The number of aliphatic hydroxyl groups is 1. The molecule has 0 radical (unpaired) electrons. The van der Waals surface area contributed by atoms with E-state index < -0.39 is 0 Å². The number of nitrogens with two attached hydrogens (primary N) is 1. The molecule has 2 aromatic rings. The normalized spacial score (nSPS) is 23.9. The highest BCUT2D eigenvalue weighted by Gasteiger charge is 2.23. The number of hydrogen-bond acceptors (Lipinski definition) is 3. The van der Waals surface area contributed by atoms with Crippen molar-refractivity contribution in [2.24, 2.45) is 5.92 Å². The lowest BCUT2D eigenvalue weighted by molar-refractivity contribution is 0.242. The predicted octanol–water partition coefficient (Wildman–Crippen LogP) is 2.86. The van der Waals surface area contributed by atoms with Crippen LogP contribution in [0.2, 0.25) is 0 Å². The van der Waals surface area contributed by atoms with E-state index in [1.807, 2.05) is 18.2 Å². The van der Waals surface area contributed by atoms with Crippen LogP contribution >= 0.6 is 0 Å². The van der Waals surface area contributed by atoms with Crippen LogP contribution in [0.3, 0.4) is 0 Å². The Labute approximate surface area is 113 Å². The van der Waals surface area contributed by atoms with E-state index in [4.69, 9.17) is 5.73 Å². The molecule has 1 aliphatic rings. The molecule has 0 amide bonds. The third kappa shape index (κ3) is 2.21. The zero-order valence-corrected chi connectivity index (χ0v) is 11.3. The molecule has 1 heterocycles. The summed E-state index contributed by atoms with van der Waals surface area (Å²) < 4.78 is 2.22. The van der Waals surface area contributed by atoms with E-state index in [0.29, 0.717) is 6.04 Å². The van der Waals surface area contributed by atoms with E-state index in [1.54, 1.807) is 0 Å². The zero-order chi connectivity index (χ0) is 13.4. The number of imidazole rings is 1. The van der Waals surface area contributed by atoms with E-state index in [2.05, 4.69) is 16.5 Å². The van der Waals surface area contributed by atoms with Crippen LogP contribution in [-0.4, -0.2) is 14.7 Å². The second-order valence-electron chi connectivity index (χ2n) is 5.72. The van der Waals surface area contributed by atoms with Gasteiger partial charge in [0.05, 0.1) is 11.0 Å². The number of nitrogen functional groups attached to an aromatic ring is 1. The topological polar surface area (TPSA) is 64.1 Å². The first-order valence-corrected chi connectivity index (χ1v) is 7.06. The molecule has 0 bridgehead atoms. The standard InChI is InChI=1S/C15H21N3O/c1-10-2-5-12(6-3-10)18-14-7-4-11(16)8-13(14)17-15(18)9-19/h4,7-8,10,12,19H,2-3,5-6,9,16H2,1H3. The molecule has 19 heavy (non-hydrogen) atoms. The predicted molar refractivity (Wildman–Crippen MR) is 76.7 cm³/mol. The minimum Gasteiger partial charge on any atom is -0.399 e. The van der Waals surface area contributed by atoms with Gasteiger partial charge >= 0.3 is 0 Å². The third-order valence-electron chi connectivity index (χ3n) is 4.28. The average Bonchev–Trinajstić information content (AvgIpc) is 2.77. The van der Waals surface area contributed by atoms with E-state index in [0.717, 1.165) is 28.5 Å². The lowest BCUT2D eigenvalue weighted by atomic mass is 9.87. The lowest BCUT2D eigenvalue weighted by Gasteiger charge is -2.28. The summed E-state index contributed by atoms with van der Waals surface area (Å²) in [4.78, 5) is 4.52. The first-order valence-electron chi connectivity index (χ1n) is 7.06. The van der Waals surface area contributed by atoms with Crippen LogP contribution in [0.5, 0.6) is 0 Å². The SMILES string of the molecule is CC1CCC(n2c(CO)nc3cc(N)ccc32)CC1. The van der Waals surface area contributed by atoms with E-state index in [-0.39, 0.29) is 6.61 Å². The number of anilines is 1. The smallest absolute Gasteiger partial charge is 0.135 e. The summed E-state index contributed by atoms with van der Waals surface area (Å²) >= 11 is 0. The fourth-order valence-electron chi connectivity index (χ4n) is 3.19. The zero-order valence-electron chi connectivity index (χ0n) is 11.3. The van der Waals surface area contributed by atoms with Crippen molar-refractivity contribution in [3.8, 4) is 0 Å². The Morgan fingerprint density at radius 1 is 1.32 bits per heavy atom. The molecule has 0 atom stereocenters. The van der Waals surface area contributed by atoms with Crippen molar-refractivity contribution in [1.82, 2.24) is 9.55 Å². The van der Waals surface area contributed by atoms with Crippen molar-refractivity contribution < 1.29 is 5.11 Å². The average molecular weight is 259 g/mol. The fraction of sp³-hybridized carbons (Fsp3) is 0.533. The highest BCUT2D eigenvalue weighted by atomic mass is 16.3. The first kappa shape index (κ1) is 12.5. The molecule has 3 N–H and O–H groups in total. The van der Waals surface area contributed by atoms with Gasteiger partial charge in [-0.05, 0) is 49.8 Å². The molecule has 4 heteroatoms. The van der Waals surface area contributed by atoms with Gasteiger partial charge in [-0.25, -0.2) is 4.98 Å². The van der Waals surface area contributed by atoms with Crippen molar-refractivity contribution >= 4 is 16.7 Å². The maximum atomic E-state index is 9.56. The van der Waals surface area contributed by atoms with Gasteiger partial charge in [-0.2, -0.15) is 0 Å². The number of aromatic nitrogens is 2. The van der Waals surface area contributed by atoms with Gasteiger partial charge in [0.1, 0.15) is 12.4 Å². The molecule has 0 aliphatic heterocycles. The molecule has 0 saturated heterocycles. The Morgan fingerprint density at radius 2 is 2.05 bits per heavy atom. The summed E-state index contributed by atoms with van der Waals surface area (Å²) in [5.74, 6) is 1.58. The van der Waals surface area contributed by atoms with Gasteiger partial charge in [0.2, 0.25) is 0 Å². The van der Waals surface area contributed by atoms with Crippen molar-refractivity contribution in [1.29, 1.82) is 0 Å². The molecule has 1 aromatic heterocycles. The van der Waals surface area contributed by atoms with E-state index in [9.17, 15) is 5.11 Å². The van der Waals surface area contributed by atoms with Crippen molar-refractivity contribution in [3.63, 3.8) is 0 Å². The molecule has 3 rings (SSSR count). The molecule has 0 unspecified atom stereocenters. The number of aliphatic hydroxyl groups excluding tert-OH is 1. The molecule has 1 aliphatic carbocycles. The van der Waals surface area contributed by atoms with Crippen molar-refractivity contribution in [2.75, 3.05) is 5.73 Å². The van der Waals surface area contributed by atoms with Crippen LogP contribution in [-0.2, 0) is 6.61 Å². The molecular weight excluding hydrogens is 238 g/mol. The van der Waals surface area contributed by atoms with Crippen LogP contribution < -0.4 is 5.73 Å². The van der Waals surface area contributed by atoms with Crippen LogP contribution in [0, 0.1) is 5.92 Å².